The summed E-state index contributed by atoms with van der Waals surface area (Å²) in [6, 6.07) is 0. The Morgan fingerprint density at radius 3 is 2.69 bits per heavy atom. The van der Waals surface area contributed by atoms with Gasteiger partial charge in [0.05, 0.1) is 0 Å². The van der Waals surface area contributed by atoms with E-state index in [2.05, 4.69) is 26.8 Å². The molecule has 0 bridgehead atoms. The van der Waals surface area contributed by atoms with Gasteiger partial charge in [0.1, 0.15) is 0 Å². The number of allylic oxidation sites excluding steroid dienone is 4. The first kappa shape index (κ1) is 11.6. The van der Waals surface area contributed by atoms with Crippen LogP contribution in [-0.2, 0) is 4.79 Å². The van der Waals surface area contributed by atoms with Crippen LogP contribution < -0.4 is 0 Å². The van der Waals surface area contributed by atoms with Crippen LogP contribution in [0.2, 0.25) is 0 Å². The lowest BCUT2D eigenvalue weighted by Gasteiger charge is -2.17. The van der Waals surface area contributed by atoms with Gasteiger partial charge in [-0.2, -0.15) is 0 Å². The van der Waals surface area contributed by atoms with Crippen LogP contribution in [0.3, 0.4) is 0 Å². The molecule has 0 fully saturated rings. The SMILES string of the molecule is CC1=C2C=C(C(C)C)CC[C@H](C)[C@H]2CC1=O. The third-order valence-corrected chi connectivity index (χ3v) is 4.31. The second-order valence-electron chi connectivity index (χ2n) is 5.70. The number of rotatable bonds is 1. The fraction of sp³-hybridized carbons (Fsp3) is 0.667. The van der Waals surface area contributed by atoms with Gasteiger partial charge in [-0.15, -0.1) is 0 Å². The fourth-order valence-corrected chi connectivity index (χ4v) is 2.95. The Hall–Kier alpha value is -0.850. The zero-order valence-electron chi connectivity index (χ0n) is 10.8. The molecule has 0 aliphatic heterocycles. The third kappa shape index (κ3) is 1.88. The van der Waals surface area contributed by atoms with E-state index in [4.69, 9.17) is 0 Å². The molecule has 0 heterocycles. The van der Waals surface area contributed by atoms with Gasteiger partial charge in [-0.05, 0) is 48.7 Å². The summed E-state index contributed by atoms with van der Waals surface area (Å²) in [4.78, 5) is 11.8. The molecule has 0 amide bonds. The zero-order valence-corrected chi connectivity index (χ0v) is 10.8. The van der Waals surface area contributed by atoms with E-state index in [0.717, 1.165) is 12.0 Å². The van der Waals surface area contributed by atoms with E-state index in [0.29, 0.717) is 23.5 Å². The highest BCUT2D eigenvalue weighted by atomic mass is 16.1. The normalized spacial score (nSPS) is 30.6. The summed E-state index contributed by atoms with van der Waals surface area (Å²) in [5, 5.41) is 0. The topological polar surface area (TPSA) is 17.1 Å². The number of hydrogen-bond acceptors (Lipinski definition) is 1. The summed E-state index contributed by atoms with van der Waals surface area (Å²) in [6.07, 6.45) is 5.53. The second-order valence-corrected chi connectivity index (χ2v) is 5.70. The van der Waals surface area contributed by atoms with E-state index in [1.807, 2.05) is 6.92 Å². The summed E-state index contributed by atoms with van der Waals surface area (Å²) >= 11 is 0. The summed E-state index contributed by atoms with van der Waals surface area (Å²) in [6.45, 7) is 8.81. The molecule has 0 aromatic rings. The third-order valence-electron chi connectivity index (χ3n) is 4.31. The Morgan fingerprint density at radius 1 is 1.38 bits per heavy atom. The Balaban J connectivity index is 2.42. The molecular formula is C15H22O. The maximum Gasteiger partial charge on any atom is 0.159 e. The first-order valence-corrected chi connectivity index (χ1v) is 6.45. The van der Waals surface area contributed by atoms with Gasteiger partial charge in [0.15, 0.2) is 5.78 Å². The van der Waals surface area contributed by atoms with Crippen molar-refractivity contribution in [1.29, 1.82) is 0 Å². The van der Waals surface area contributed by atoms with E-state index in [-0.39, 0.29) is 0 Å². The fourth-order valence-electron chi connectivity index (χ4n) is 2.95. The van der Waals surface area contributed by atoms with Gasteiger partial charge in [0.25, 0.3) is 0 Å². The molecule has 0 saturated heterocycles. The van der Waals surface area contributed by atoms with E-state index < -0.39 is 0 Å². The van der Waals surface area contributed by atoms with Crippen molar-refractivity contribution < 1.29 is 4.79 Å². The Labute approximate surface area is 98.6 Å². The number of fused-ring (bicyclic) bond motifs is 1. The molecule has 2 atom stereocenters. The summed E-state index contributed by atoms with van der Waals surface area (Å²) in [7, 11) is 0. The van der Waals surface area contributed by atoms with Crippen molar-refractivity contribution in [3.8, 4) is 0 Å². The molecule has 0 radical (unpaired) electrons. The first-order valence-electron chi connectivity index (χ1n) is 6.45. The van der Waals surface area contributed by atoms with Crippen LogP contribution in [-0.4, -0.2) is 5.78 Å². The van der Waals surface area contributed by atoms with Crippen molar-refractivity contribution >= 4 is 5.78 Å². The van der Waals surface area contributed by atoms with Crippen molar-refractivity contribution in [2.24, 2.45) is 17.8 Å². The van der Waals surface area contributed by atoms with Crippen molar-refractivity contribution in [3.63, 3.8) is 0 Å². The molecule has 1 heteroatoms. The monoisotopic (exact) mass is 218 g/mol. The molecule has 2 rings (SSSR count). The predicted octanol–water partition coefficient (Wildman–Crippen LogP) is 3.90. The first-order chi connectivity index (χ1) is 7.50. The molecule has 0 N–H and O–H groups in total. The molecule has 88 valence electrons. The standard InChI is InChI=1S/C15H22O/c1-9(2)12-6-5-10(3)13-8-15(16)11(4)14(13)7-12/h7,9-10,13H,5-6,8H2,1-4H3/t10-,13+/m0/s1. The van der Waals surface area contributed by atoms with Crippen molar-refractivity contribution in [3.05, 3.63) is 22.8 Å². The summed E-state index contributed by atoms with van der Waals surface area (Å²) < 4.78 is 0. The van der Waals surface area contributed by atoms with E-state index in [1.165, 1.54) is 24.0 Å². The number of carbonyl (C=O) groups excluding carboxylic acids is 1. The number of carbonyl (C=O) groups is 1. The molecule has 16 heavy (non-hydrogen) atoms. The number of ketones is 1. The summed E-state index contributed by atoms with van der Waals surface area (Å²) in [5.41, 5.74) is 3.90. The quantitative estimate of drug-likeness (QED) is 0.652. The van der Waals surface area contributed by atoms with Crippen molar-refractivity contribution in [1.82, 2.24) is 0 Å². The number of hydrogen-bond donors (Lipinski definition) is 0. The number of Topliss-reactive ketones (excluding diaryl/α,β-unsaturated/α-hetero) is 1. The lowest BCUT2D eigenvalue weighted by atomic mass is 9.87. The molecule has 2 aliphatic carbocycles. The van der Waals surface area contributed by atoms with Gasteiger partial charge in [-0.1, -0.05) is 32.4 Å². The minimum absolute atomic E-state index is 0.369. The highest BCUT2D eigenvalue weighted by molar-refractivity contribution is 5.99. The lowest BCUT2D eigenvalue weighted by Crippen LogP contribution is -2.10. The second kappa shape index (κ2) is 4.20. The van der Waals surface area contributed by atoms with E-state index >= 15 is 0 Å². The van der Waals surface area contributed by atoms with Crippen LogP contribution in [0.15, 0.2) is 22.8 Å². The van der Waals surface area contributed by atoms with Gasteiger partial charge in [0.2, 0.25) is 0 Å². The van der Waals surface area contributed by atoms with Crippen LogP contribution in [0.5, 0.6) is 0 Å². The van der Waals surface area contributed by atoms with Crippen LogP contribution in [0.25, 0.3) is 0 Å². The largest absolute Gasteiger partial charge is 0.295 e. The highest BCUT2D eigenvalue weighted by Gasteiger charge is 2.34. The Morgan fingerprint density at radius 2 is 2.06 bits per heavy atom. The van der Waals surface area contributed by atoms with Gasteiger partial charge in [-0.3, -0.25) is 4.79 Å². The van der Waals surface area contributed by atoms with Gasteiger partial charge < -0.3 is 0 Å². The molecule has 1 nitrogen and oxygen atoms in total. The predicted molar refractivity (Wildman–Crippen MR) is 67.1 cm³/mol. The highest BCUT2D eigenvalue weighted by Crippen LogP contribution is 2.41. The van der Waals surface area contributed by atoms with E-state index in [9.17, 15) is 4.79 Å². The average Bonchev–Trinajstić information content (AvgIpc) is 2.42. The minimum atomic E-state index is 0.369. The lowest BCUT2D eigenvalue weighted by molar-refractivity contribution is -0.115. The van der Waals surface area contributed by atoms with Gasteiger partial charge >= 0.3 is 0 Å². The Kier molecular flexibility index (Phi) is 3.05. The van der Waals surface area contributed by atoms with Crippen LogP contribution >= 0.6 is 0 Å². The minimum Gasteiger partial charge on any atom is -0.295 e. The smallest absolute Gasteiger partial charge is 0.159 e. The van der Waals surface area contributed by atoms with Gasteiger partial charge in [0, 0.05) is 6.42 Å². The summed E-state index contributed by atoms with van der Waals surface area (Å²) in [5.74, 6) is 2.14. The van der Waals surface area contributed by atoms with Crippen LogP contribution in [0, 0.1) is 17.8 Å². The van der Waals surface area contributed by atoms with Crippen LogP contribution in [0.4, 0.5) is 0 Å². The van der Waals surface area contributed by atoms with Crippen molar-refractivity contribution in [2.75, 3.05) is 0 Å². The van der Waals surface area contributed by atoms with Gasteiger partial charge in [-0.25, -0.2) is 0 Å². The molecule has 0 spiro atoms. The average molecular weight is 218 g/mol. The zero-order chi connectivity index (χ0) is 11.9. The van der Waals surface area contributed by atoms with Crippen molar-refractivity contribution in [2.45, 2.75) is 47.0 Å². The molecular weight excluding hydrogens is 196 g/mol. The maximum absolute atomic E-state index is 11.8. The Bertz CT molecular complexity index is 371. The van der Waals surface area contributed by atoms with E-state index in [1.54, 1.807) is 0 Å². The molecule has 2 aliphatic rings. The molecule has 0 aromatic heterocycles. The molecule has 0 aromatic carbocycles. The maximum atomic E-state index is 11.8. The molecule has 0 saturated carbocycles. The van der Waals surface area contributed by atoms with Crippen LogP contribution in [0.1, 0.15) is 47.0 Å². The molecule has 0 unspecified atom stereocenters.